The molecule has 0 heterocycles. The van der Waals surface area contributed by atoms with Crippen LogP contribution in [0.1, 0.15) is 13.3 Å². The third-order valence-corrected chi connectivity index (χ3v) is 1.41. The van der Waals surface area contributed by atoms with Gasteiger partial charge in [0.25, 0.3) is 0 Å². The number of likely N-dealkylation sites (N-methyl/N-ethyl adjacent to an activating group) is 1. The largest absolute Gasteiger partial charge is 0.390 e. The first-order valence-electron chi connectivity index (χ1n) is 3.58. The summed E-state index contributed by atoms with van der Waals surface area (Å²) in [6, 6.07) is 0. The van der Waals surface area contributed by atoms with Gasteiger partial charge in [0.1, 0.15) is 0 Å². The van der Waals surface area contributed by atoms with Crippen LogP contribution in [0.5, 0.6) is 0 Å². The lowest BCUT2D eigenvalue weighted by molar-refractivity contribution is 0.00389. The van der Waals surface area contributed by atoms with Crippen LogP contribution in [0.15, 0.2) is 0 Å². The smallest absolute Gasteiger partial charge is 0.0925 e. The average Bonchev–Trinajstić information content (AvgIpc) is 1.85. The summed E-state index contributed by atoms with van der Waals surface area (Å²) in [5, 5.41) is 18.3. The molecule has 0 aromatic carbocycles. The van der Waals surface area contributed by atoms with Crippen molar-refractivity contribution in [2.24, 2.45) is 0 Å². The van der Waals surface area contributed by atoms with Crippen molar-refractivity contribution in [3.8, 4) is 0 Å². The maximum atomic E-state index is 9.20. The summed E-state index contributed by atoms with van der Waals surface area (Å²) in [4.78, 5) is 1.85. The normalized spacial score (nSPS) is 17.4. The summed E-state index contributed by atoms with van der Waals surface area (Å²) in [5.41, 5.74) is 0. The summed E-state index contributed by atoms with van der Waals surface area (Å²) in [5.74, 6) is 0. The first kappa shape index (κ1) is 9.88. The minimum absolute atomic E-state index is 0.523. The van der Waals surface area contributed by atoms with Gasteiger partial charge in [0.05, 0.1) is 12.2 Å². The zero-order chi connectivity index (χ0) is 8.15. The van der Waals surface area contributed by atoms with Crippen molar-refractivity contribution in [1.29, 1.82) is 0 Å². The highest BCUT2D eigenvalue weighted by atomic mass is 16.3. The van der Waals surface area contributed by atoms with Gasteiger partial charge in [-0.2, -0.15) is 0 Å². The second-order valence-electron chi connectivity index (χ2n) is 2.81. The van der Waals surface area contributed by atoms with Crippen LogP contribution in [0.25, 0.3) is 0 Å². The molecule has 0 saturated heterocycles. The molecule has 0 aliphatic heterocycles. The molecule has 0 amide bonds. The fraction of sp³-hybridized carbons (Fsp3) is 1.00. The average molecular weight is 147 g/mol. The predicted molar refractivity (Wildman–Crippen MR) is 40.9 cm³/mol. The van der Waals surface area contributed by atoms with Gasteiger partial charge in [-0.3, -0.25) is 0 Å². The van der Waals surface area contributed by atoms with Gasteiger partial charge < -0.3 is 15.1 Å². The second kappa shape index (κ2) is 4.66. The Hall–Kier alpha value is -0.120. The van der Waals surface area contributed by atoms with Gasteiger partial charge in [-0.1, -0.05) is 6.92 Å². The van der Waals surface area contributed by atoms with E-state index in [1.165, 1.54) is 0 Å². The third-order valence-electron chi connectivity index (χ3n) is 1.41. The highest BCUT2D eigenvalue weighted by Crippen LogP contribution is 1.98. The highest BCUT2D eigenvalue weighted by Gasteiger charge is 2.13. The fourth-order valence-corrected chi connectivity index (χ4v) is 0.768. The lowest BCUT2D eigenvalue weighted by atomic mass is 10.1. The molecule has 62 valence electrons. The molecule has 0 aliphatic carbocycles. The number of rotatable bonds is 4. The Bertz CT molecular complexity index is 85.7. The van der Waals surface area contributed by atoms with Crippen LogP contribution < -0.4 is 0 Å². The summed E-state index contributed by atoms with van der Waals surface area (Å²) in [6.45, 7) is 2.37. The van der Waals surface area contributed by atoms with Crippen LogP contribution in [-0.4, -0.2) is 48.0 Å². The second-order valence-corrected chi connectivity index (χ2v) is 2.81. The van der Waals surface area contributed by atoms with Gasteiger partial charge in [-0.15, -0.1) is 0 Å². The van der Waals surface area contributed by atoms with E-state index in [9.17, 15) is 5.11 Å². The van der Waals surface area contributed by atoms with Crippen molar-refractivity contribution in [3.63, 3.8) is 0 Å². The van der Waals surface area contributed by atoms with Crippen LogP contribution >= 0.6 is 0 Å². The highest BCUT2D eigenvalue weighted by molar-refractivity contribution is 4.67. The standard InChI is InChI=1S/C7H17NO2/c1-4-6(9)7(10)5-8(2)3/h6-7,9-10H,4-5H2,1-3H3/t6-,7-/m1/s1. The molecule has 10 heavy (non-hydrogen) atoms. The minimum Gasteiger partial charge on any atom is -0.390 e. The molecule has 0 fully saturated rings. The third kappa shape index (κ3) is 3.82. The van der Waals surface area contributed by atoms with Crippen molar-refractivity contribution in [3.05, 3.63) is 0 Å². The molecule has 0 aromatic rings. The Labute approximate surface area is 62.3 Å². The van der Waals surface area contributed by atoms with E-state index in [-0.39, 0.29) is 0 Å². The van der Waals surface area contributed by atoms with Crippen LogP contribution in [0.3, 0.4) is 0 Å². The van der Waals surface area contributed by atoms with Crippen molar-refractivity contribution in [1.82, 2.24) is 4.90 Å². The molecule has 0 rings (SSSR count). The molecule has 0 saturated carbocycles. The molecule has 3 nitrogen and oxygen atoms in total. The molecule has 2 atom stereocenters. The van der Waals surface area contributed by atoms with E-state index in [1.807, 2.05) is 25.9 Å². The molecule has 0 unspecified atom stereocenters. The monoisotopic (exact) mass is 147 g/mol. The van der Waals surface area contributed by atoms with Crippen LogP contribution in [0.2, 0.25) is 0 Å². The van der Waals surface area contributed by atoms with Crippen molar-refractivity contribution < 1.29 is 10.2 Å². The van der Waals surface area contributed by atoms with Crippen molar-refractivity contribution >= 4 is 0 Å². The zero-order valence-electron chi connectivity index (χ0n) is 6.91. The van der Waals surface area contributed by atoms with Gasteiger partial charge >= 0.3 is 0 Å². The molecular weight excluding hydrogens is 130 g/mol. The van der Waals surface area contributed by atoms with Crippen molar-refractivity contribution in [2.75, 3.05) is 20.6 Å². The first-order chi connectivity index (χ1) is 4.57. The fourth-order valence-electron chi connectivity index (χ4n) is 0.768. The minimum atomic E-state index is -0.611. The van der Waals surface area contributed by atoms with E-state index in [4.69, 9.17) is 5.11 Å². The summed E-state index contributed by atoms with van der Waals surface area (Å²) >= 11 is 0. The van der Waals surface area contributed by atoms with Gasteiger partial charge in [0.2, 0.25) is 0 Å². The number of hydrogen-bond acceptors (Lipinski definition) is 3. The van der Waals surface area contributed by atoms with Crippen LogP contribution in [0.4, 0.5) is 0 Å². The molecule has 0 bridgehead atoms. The van der Waals surface area contributed by atoms with Crippen LogP contribution in [0, 0.1) is 0 Å². The Kier molecular flexibility index (Phi) is 4.60. The Morgan fingerprint density at radius 1 is 1.20 bits per heavy atom. The lowest BCUT2D eigenvalue weighted by Crippen LogP contribution is -2.35. The Balaban J connectivity index is 3.50. The number of aliphatic hydroxyl groups excluding tert-OH is 2. The van der Waals surface area contributed by atoms with Crippen LogP contribution in [-0.2, 0) is 0 Å². The van der Waals surface area contributed by atoms with E-state index in [0.29, 0.717) is 13.0 Å². The SMILES string of the molecule is CC[C@@H](O)[C@H](O)CN(C)C. The topological polar surface area (TPSA) is 43.7 Å². The molecule has 0 radical (unpaired) electrons. The zero-order valence-corrected chi connectivity index (χ0v) is 6.91. The van der Waals surface area contributed by atoms with Gasteiger partial charge in [0, 0.05) is 6.54 Å². The van der Waals surface area contributed by atoms with Gasteiger partial charge in [-0.25, -0.2) is 0 Å². The van der Waals surface area contributed by atoms with E-state index in [2.05, 4.69) is 0 Å². The maximum absolute atomic E-state index is 9.20. The van der Waals surface area contributed by atoms with E-state index < -0.39 is 12.2 Å². The van der Waals surface area contributed by atoms with E-state index >= 15 is 0 Å². The molecular formula is C7H17NO2. The van der Waals surface area contributed by atoms with Crippen molar-refractivity contribution in [2.45, 2.75) is 25.6 Å². The quantitative estimate of drug-likeness (QED) is 0.573. The number of nitrogens with zero attached hydrogens (tertiary/aromatic N) is 1. The molecule has 0 aliphatic rings. The summed E-state index contributed by atoms with van der Waals surface area (Å²) in [6.07, 6.45) is -0.586. The van der Waals surface area contributed by atoms with E-state index in [0.717, 1.165) is 0 Å². The number of hydrogen-bond donors (Lipinski definition) is 2. The molecule has 2 N–H and O–H groups in total. The molecule has 3 heteroatoms. The summed E-state index contributed by atoms with van der Waals surface area (Å²) < 4.78 is 0. The Morgan fingerprint density at radius 3 is 2.00 bits per heavy atom. The maximum Gasteiger partial charge on any atom is 0.0925 e. The summed E-state index contributed by atoms with van der Waals surface area (Å²) in [7, 11) is 3.73. The van der Waals surface area contributed by atoms with E-state index in [1.54, 1.807) is 0 Å². The predicted octanol–water partition coefficient (Wildman–Crippen LogP) is -0.320. The molecule has 0 spiro atoms. The van der Waals surface area contributed by atoms with Gasteiger partial charge in [0.15, 0.2) is 0 Å². The first-order valence-corrected chi connectivity index (χ1v) is 3.58. The Morgan fingerprint density at radius 2 is 1.70 bits per heavy atom. The number of aliphatic hydroxyl groups is 2. The molecule has 0 aromatic heterocycles. The lowest BCUT2D eigenvalue weighted by Gasteiger charge is -2.19. The van der Waals surface area contributed by atoms with Gasteiger partial charge in [-0.05, 0) is 20.5 Å².